The van der Waals surface area contributed by atoms with Gasteiger partial charge in [-0.1, -0.05) is 31.2 Å². The first-order chi connectivity index (χ1) is 18.3. The van der Waals surface area contributed by atoms with Crippen LogP contribution in [0.1, 0.15) is 47.9 Å². The second-order valence-electron chi connectivity index (χ2n) is 10.1. The highest BCUT2D eigenvalue weighted by Crippen LogP contribution is 2.38. The lowest BCUT2D eigenvalue weighted by atomic mass is 9.94. The minimum Gasteiger partial charge on any atom is -0.492 e. The molecule has 3 aromatic carbocycles. The highest BCUT2D eigenvalue weighted by atomic mass is 16.5. The Bertz CT molecular complexity index is 1340. The Kier molecular flexibility index (Phi) is 7.27. The van der Waals surface area contributed by atoms with Crippen molar-refractivity contribution in [2.45, 2.75) is 52.2 Å². The van der Waals surface area contributed by atoms with Gasteiger partial charge in [-0.2, -0.15) is 0 Å². The molecule has 1 amide bonds. The number of amides is 1. The molecule has 38 heavy (non-hydrogen) atoms. The number of rotatable bonds is 9. The summed E-state index contributed by atoms with van der Waals surface area (Å²) in [7, 11) is 0. The van der Waals surface area contributed by atoms with Crippen molar-refractivity contribution in [1.29, 1.82) is 0 Å². The third-order valence-corrected chi connectivity index (χ3v) is 7.22. The van der Waals surface area contributed by atoms with Gasteiger partial charge in [-0.15, -0.1) is 0 Å². The van der Waals surface area contributed by atoms with E-state index in [4.69, 9.17) is 19.3 Å². The minimum absolute atomic E-state index is 0.0447. The Morgan fingerprint density at radius 2 is 1.79 bits per heavy atom. The maximum absolute atomic E-state index is 11.8. The molecule has 0 unspecified atom stereocenters. The van der Waals surface area contributed by atoms with Crippen LogP contribution in [0.4, 0.5) is 0 Å². The van der Waals surface area contributed by atoms with Gasteiger partial charge >= 0.3 is 5.97 Å². The summed E-state index contributed by atoms with van der Waals surface area (Å²) >= 11 is 0. The molecule has 2 aliphatic heterocycles. The first kappa shape index (κ1) is 25.6. The lowest BCUT2D eigenvalue weighted by molar-refractivity contribution is -0.139. The number of ether oxygens (including phenoxy) is 3. The highest BCUT2D eigenvalue weighted by Gasteiger charge is 2.31. The summed E-state index contributed by atoms with van der Waals surface area (Å²) in [5, 5.41) is 9.10. The molecule has 7 heteroatoms. The molecule has 0 radical (unpaired) electrons. The molecule has 0 saturated carbocycles. The van der Waals surface area contributed by atoms with Crippen LogP contribution >= 0.6 is 0 Å². The molecule has 0 aliphatic carbocycles. The summed E-state index contributed by atoms with van der Waals surface area (Å²) < 4.78 is 17.9. The number of carboxylic acids is 1. The number of carbonyl (C=O) groups excluding carboxylic acids is 1. The van der Waals surface area contributed by atoms with Crippen LogP contribution in [0.15, 0.2) is 54.6 Å². The Morgan fingerprint density at radius 3 is 2.50 bits per heavy atom. The number of carboxylic acid groups (broad SMARTS) is 1. The molecule has 2 aliphatic rings. The number of aliphatic carboxylic acids is 1. The third kappa shape index (κ3) is 5.47. The van der Waals surface area contributed by atoms with Gasteiger partial charge in [0.25, 0.3) is 0 Å². The van der Waals surface area contributed by atoms with Crippen molar-refractivity contribution in [3.05, 3.63) is 76.9 Å². The average molecular weight is 516 g/mol. The van der Waals surface area contributed by atoms with E-state index < -0.39 is 5.97 Å². The van der Waals surface area contributed by atoms with Gasteiger partial charge in [0.05, 0.1) is 26.1 Å². The van der Waals surface area contributed by atoms with Gasteiger partial charge < -0.3 is 24.2 Å². The molecule has 0 bridgehead atoms. The normalized spacial score (nSPS) is 16.4. The van der Waals surface area contributed by atoms with E-state index in [1.165, 1.54) is 5.56 Å². The van der Waals surface area contributed by atoms with Gasteiger partial charge in [0.15, 0.2) is 0 Å². The van der Waals surface area contributed by atoms with Crippen molar-refractivity contribution in [3.8, 4) is 28.4 Å². The van der Waals surface area contributed by atoms with E-state index in [0.29, 0.717) is 44.2 Å². The number of nitrogens with zero attached hydrogens (tertiary/aromatic N) is 1. The number of fused-ring (bicyclic) bond motifs is 1. The first-order valence-corrected chi connectivity index (χ1v) is 13.1. The molecule has 0 aromatic heterocycles. The molecule has 0 spiro atoms. The summed E-state index contributed by atoms with van der Waals surface area (Å²) in [6.45, 7) is 8.14. The van der Waals surface area contributed by atoms with Crippen LogP contribution in [0.2, 0.25) is 0 Å². The first-order valence-electron chi connectivity index (χ1n) is 13.1. The zero-order chi connectivity index (χ0) is 26.8. The second-order valence-corrected chi connectivity index (χ2v) is 10.1. The summed E-state index contributed by atoms with van der Waals surface area (Å²) in [5.74, 6) is 1.45. The van der Waals surface area contributed by atoms with Crippen LogP contribution in [0.3, 0.4) is 0 Å². The molecule has 7 nitrogen and oxygen atoms in total. The third-order valence-electron chi connectivity index (χ3n) is 7.22. The van der Waals surface area contributed by atoms with Crippen LogP contribution < -0.4 is 14.2 Å². The summed E-state index contributed by atoms with van der Waals surface area (Å²) in [6, 6.07) is 18.1. The Labute approximate surface area is 222 Å². The van der Waals surface area contributed by atoms with Crippen LogP contribution in [0, 0.1) is 13.8 Å². The van der Waals surface area contributed by atoms with Crippen LogP contribution in [-0.4, -0.2) is 47.7 Å². The van der Waals surface area contributed by atoms with E-state index in [1.54, 1.807) is 0 Å². The van der Waals surface area contributed by atoms with Crippen molar-refractivity contribution in [2.75, 3.05) is 19.7 Å². The SMILES string of the molecule is CCC(=O)N1CC(Oc2cc(C)c(-c3cccc(COc4ccc5c(c4)OC[C@H]5CC(=O)O)c3)c(C)c2)C1. The van der Waals surface area contributed by atoms with Crippen molar-refractivity contribution in [3.63, 3.8) is 0 Å². The number of aryl methyl sites for hydroxylation is 2. The maximum Gasteiger partial charge on any atom is 0.304 e. The number of hydrogen-bond donors (Lipinski definition) is 1. The van der Waals surface area contributed by atoms with Crippen molar-refractivity contribution < 1.29 is 28.9 Å². The van der Waals surface area contributed by atoms with E-state index in [1.807, 2.05) is 42.2 Å². The van der Waals surface area contributed by atoms with E-state index in [0.717, 1.165) is 33.6 Å². The molecule has 1 fully saturated rings. The Morgan fingerprint density at radius 1 is 1.03 bits per heavy atom. The number of likely N-dealkylation sites (tertiary alicyclic amines) is 1. The van der Waals surface area contributed by atoms with Crippen molar-refractivity contribution in [1.82, 2.24) is 4.90 Å². The van der Waals surface area contributed by atoms with Gasteiger partial charge in [0.1, 0.15) is 30.0 Å². The Hall–Kier alpha value is -4.00. The molecule has 3 aromatic rings. The van der Waals surface area contributed by atoms with Crippen LogP contribution in [0.25, 0.3) is 11.1 Å². The second kappa shape index (κ2) is 10.8. The summed E-state index contributed by atoms with van der Waals surface area (Å²) in [4.78, 5) is 24.7. The Balaban J connectivity index is 1.24. The standard InChI is InChI=1S/C31H33NO6/c1-4-29(33)32-15-26(16-32)38-25-10-19(2)31(20(3)11-25)22-7-5-6-21(12-22)17-36-24-8-9-27-23(13-30(34)35)18-37-28(27)14-24/h5-12,14,23,26H,4,13,15-18H2,1-3H3,(H,34,35)/t23-/m1/s1. The number of benzene rings is 3. The monoisotopic (exact) mass is 515 g/mol. The predicted molar refractivity (Wildman–Crippen MR) is 144 cm³/mol. The zero-order valence-electron chi connectivity index (χ0n) is 22.0. The number of hydrogen-bond acceptors (Lipinski definition) is 5. The average Bonchev–Trinajstić information content (AvgIpc) is 3.25. The van der Waals surface area contributed by atoms with Gasteiger partial charge in [0.2, 0.25) is 5.91 Å². The summed E-state index contributed by atoms with van der Waals surface area (Å²) in [5.41, 5.74) is 6.51. The van der Waals surface area contributed by atoms with Crippen LogP contribution in [0.5, 0.6) is 17.2 Å². The lowest BCUT2D eigenvalue weighted by Gasteiger charge is -2.39. The largest absolute Gasteiger partial charge is 0.492 e. The predicted octanol–water partition coefficient (Wildman–Crippen LogP) is 5.50. The van der Waals surface area contributed by atoms with Gasteiger partial charge in [-0.05, 0) is 65.9 Å². The van der Waals surface area contributed by atoms with Gasteiger partial charge in [-0.25, -0.2) is 0 Å². The van der Waals surface area contributed by atoms with Crippen molar-refractivity contribution >= 4 is 11.9 Å². The topological polar surface area (TPSA) is 85.3 Å². The van der Waals surface area contributed by atoms with Gasteiger partial charge in [-0.3, -0.25) is 9.59 Å². The fourth-order valence-electron chi connectivity index (χ4n) is 5.29. The summed E-state index contributed by atoms with van der Waals surface area (Å²) in [6.07, 6.45) is 0.634. The molecule has 1 atom stereocenters. The quantitative estimate of drug-likeness (QED) is 0.405. The number of carbonyl (C=O) groups is 2. The maximum atomic E-state index is 11.8. The fraction of sp³-hybridized carbons (Fsp3) is 0.355. The van der Waals surface area contributed by atoms with E-state index in [-0.39, 0.29) is 24.3 Å². The molecule has 1 N–H and O–H groups in total. The zero-order valence-corrected chi connectivity index (χ0v) is 22.0. The van der Waals surface area contributed by atoms with E-state index in [9.17, 15) is 9.59 Å². The fourth-order valence-corrected chi connectivity index (χ4v) is 5.29. The van der Waals surface area contributed by atoms with Crippen LogP contribution in [-0.2, 0) is 16.2 Å². The lowest BCUT2D eigenvalue weighted by Crippen LogP contribution is -2.56. The van der Waals surface area contributed by atoms with E-state index in [2.05, 4.69) is 38.1 Å². The molecule has 2 heterocycles. The smallest absolute Gasteiger partial charge is 0.304 e. The highest BCUT2D eigenvalue weighted by molar-refractivity contribution is 5.77. The van der Waals surface area contributed by atoms with Crippen molar-refractivity contribution in [2.24, 2.45) is 0 Å². The molecule has 1 saturated heterocycles. The van der Waals surface area contributed by atoms with E-state index >= 15 is 0 Å². The molecular weight excluding hydrogens is 482 g/mol. The molecule has 5 rings (SSSR count). The van der Waals surface area contributed by atoms with Gasteiger partial charge in [0, 0.05) is 24.0 Å². The molecular formula is C31H33NO6. The molecule has 198 valence electrons. The minimum atomic E-state index is -0.825.